The highest BCUT2D eigenvalue weighted by atomic mass is 19.4. The van der Waals surface area contributed by atoms with Crippen molar-refractivity contribution in [3.63, 3.8) is 0 Å². The van der Waals surface area contributed by atoms with Gasteiger partial charge >= 0.3 is 12.3 Å². The smallest absolute Gasteiger partial charge is 0.416 e. The Hall–Kier alpha value is -2.33. The fourth-order valence-corrected chi connectivity index (χ4v) is 6.32. The van der Waals surface area contributed by atoms with Gasteiger partial charge < -0.3 is 19.7 Å². The van der Waals surface area contributed by atoms with E-state index in [0.29, 0.717) is 38.0 Å². The predicted octanol–water partition coefficient (Wildman–Crippen LogP) is 4.45. The fraction of sp³-hybridized carbons (Fsp3) is 0.714. The minimum absolute atomic E-state index is 0.0550. The van der Waals surface area contributed by atoms with Crippen molar-refractivity contribution in [2.24, 2.45) is 17.8 Å². The van der Waals surface area contributed by atoms with E-state index < -0.39 is 17.3 Å². The zero-order valence-electron chi connectivity index (χ0n) is 21.8. The Morgan fingerprint density at radius 2 is 1.74 bits per heavy atom. The SMILES string of the molecule is O=C(NCC1CCOC1)C1CCC(CN2CC3(CCN(Cc4ccc(C(F)(F)F)cc4)CC3)OC2=O)CC1. The van der Waals surface area contributed by atoms with Gasteiger partial charge in [0.05, 0.1) is 18.7 Å². The Morgan fingerprint density at radius 1 is 1.03 bits per heavy atom. The predicted molar refractivity (Wildman–Crippen MR) is 134 cm³/mol. The van der Waals surface area contributed by atoms with Crippen LogP contribution in [0.5, 0.6) is 0 Å². The van der Waals surface area contributed by atoms with E-state index in [1.165, 1.54) is 12.1 Å². The van der Waals surface area contributed by atoms with Gasteiger partial charge in [-0.1, -0.05) is 12.1 Å². The molecule has 4 aliphatic rings. The molecule has 1 N–H and O–H groups in total. The molecular formula is C28H38F3N3O4. The van der Waals surface area contributed by atoms with E-state index in [1.54, 1.807) is 0 Å². The van der Waals surface area contributed by atoms with Gasteiger partial charge in [0.2, 0.25) is 5.91 Å². The molecule has 1 unspecified atom stereocenters. The summed E-state index contributed by atoms with van der Waals surface area (Å²) in [7, 11) is 0. The van der Waals surface area contributed by atoms with Gasteiger partial charge in [-0.05, 0) is 55.7 Å². The van der Waals surface area contributed by atoms with Gasteiger partial charge in [-0.3, -0.25) is 9.69 Å². The summed E-state index contributed by atoms with van der Waals surface area (Å²) in [4.78, 5) is 29.3. The molecule has 0 radical (unpaired) electrons. The summed E-state index contributed by atoms with van der Waals surface area (Å²) in [5, 5.41) is 3.10. The van der Waals surface area contributed by atoms with E-state index >= 15 is 0 Å². The largest absolute Gasteiger partial charge is 0.441 e. The van der Waals surface area contributed by atoms with Crippen LogP contribution in [-0.2, 0) is 27.0 Å². The number of benzene rings is 1. The minimum Gasteiger partial charge on any atom is -0.441 e. The number of hydrogen-bond acceptors (Lipinski definition) is 5. The Morgan fingerprint density at radius 3 is 2.37 bits per heavy atom. The van der Waals surface area contributed by atoms with Crippen LogP contribution in [0.4, 0.5) is 18.0 Å². The van der Waals surface area contributed by atoms with Gasteiger partial charge in [-0.25, -0.2) is 4.79 Å². The number of likely N-dealkylation sites (tertiary alicyclic amines) is 1. The Bertz CT molecular complexity index is 965. The number of piperidine rings is 1. The van der Waals surface area contributed by atoms with Gasteiger partial charge in [0.1, 0.15) is 5.60 Å². The van der Waals surface area contributed by atoms with Crippen LogP contribution in [0, 0.1) is 17.8 Å². The van der Waals surface area contributed by atoms with E-state index in [1.807, 2.05) is 4.90 Å². The highest BCUT2D eigenvalue weighted by molar-refractivity contribution is 5.78. The number of ether oxygens (including phenoxy) is 2. The number of carbonyl (C=O) groups is 2. The maximum Gasteiger partial charge on any atom is 0.416 e. The van der Waals surface area contributed by atoms with Crippen LogP contribution < -0.4 is 5.32 Å². The summed E-state index contributed by atoms with van der Waals surface area (Å²) < 4.78 is 49.7. The van der Waals surface area contributed by atoms with Crippen LogP contribution in [0.15, 0.2) is 24.3 Å². The van der Waals surface area contributed by atoms with E-state index in [4.69, 9.17) is 9.47 Å². The first-order valence-corrected chi connectivity index (χ1v) is 13.9. The first kappa shape index (κ1) is 27.2. The van der Waals surface area contributed by atoms with Crippen molar-refractivity contribution in [3.05, 3.63) is 35.4 Å². The molecule has 1 aliphatic carbocycles. The summed E-state index contributed by atoms with van der Waals surface area (Å²) in [5.41, 5.74) is -0.270. The first-order valence-electron chi connectivity index (χ1n) is 13.9. The van der Waals surface area contributed by atoms with Crippen molar-refractivity contribution in [2.45, 2.75) is 63.3 Å². The Kier molecular flexibility index (Phi) is 8.19. The molecule has 2 amide bonds. The number of nitrogens with one attached hydrogen (secondary N) is 1. The molecule has 210 valence electrons. The third-order valence-electron chi connectivity index (χ3n) is 8.78. The van der Waals surface area contributed by atoms with Gasteiger partial charge in [0.15, 0.2) is 0 Å². The lowest BCUT2D eigenvalue weighted by Gasteiger charge is -2.37. The molecular weight excluding hydrogens is 499 g/mol. The topological polar surface area (TPSA) is 71.1 Å². The number of carbonyl (C=O) groups excluding carboxylic acids is 2. The number of halogens is 3. The monoisotopic (exact) mass is 537 g/mol. The molecule has 3 saturated heterocycles. The number of nitrogens with zero attached hydrogens (tertiary/aromatic N) is 2. The Balaban J connectivity index is 1.03. The van der Waals surface area contributed by atoms with Crippen molar-refractivity contribution in [2.75, 3.05) is 45.9 Å². The fourth-order valence-electron chi connectivity index (χ4n) is 6.32. The number of amides is 2. The maximum absolute atomic E-state index is 12.8. The molecule has 5 rings (SSSR count). The van der Waals surface area contributed by atoms with Gasteiger partial charge in [-0.15, -0.1) is 0 Å². The van der Waals surface area contributed by atoms with Gasteiger partial charge in [-0.2, -0.15) is 13.2 Å². The second-order valence-corrected chi connectivity index (χ2v) is 11.6. The first-order chi connectivity index (χ1) is 18.2. The number of alkyl halides is 3. The Labute approximate surface area is 222 Å². The molecule has 10 heteroatoms. The van der Waals surface area contributed by atoms with E-state index in [2.05, 4.69) is 10.2 Å². The lowest BCUT2D eigenvalue weighted by molar-refractivity contribution is -0.137. The van der Waals surface area contributed by atoms with Crippen LogP contribution in [0.3, 0.4) is 0 Å². The summed E-state index contributed by atoms with van der Waals surface area (Å²) >= 11 is 0. The average molecular weight is 538 g/mol. The zero-order chi connectivity index (χ0) is 26.8. The van der Waals surface area contributed by atoms with Gasteiger partial charge in [0, 0.05) is 64.0 Å². The number of hydrogen-bond donors (Lipinski definition) is 1. The summed E-state index contributed by atoms with van der Waals surface area (Å²) in [6, 6.07) is 5.33. The lowest BCUT2D eigenvalue weighted by atomic mass is 9.81. The standard InChI is InChI=1S/C28H38F3N3O4/c29-28(30,31)24-7-3-20(4-8-24)16-33-12-10-27(11-13-33)19-34(26(36)38-27)17-21-1-5-23(6-2-21)25(35)32-15-22-9-14-37-18-22/h3-4,7-8,21-23H,1-2,5-6,9-19H2,(H,32,35). The van der Waals surface area contributed by atoms with Crippen molar-refractivity contribution in [1.29, 1.82) is 0 Å². The van der Waals surface area contributed by atoms with Gasteiger partial charge in [0.25, 0.3) is 0 Å². The van der Waals surface area contributed by atoms with Crippen LogP contribution in [-0.4, -0.2) is 73.3 Å². The molecule has 0 bridgehead atoms. The molecule has 1 saturated carbocycles. The molecule has 1 aromatic carbocycles. The zero-order valence-corrected chi connectivity index (χ0v) is 21.8. The van der Waals surface area contributed by atoms with E-state index in [0.717, 1.165) is 88.9 Å². The normalized spacial score (nSPS) is 28.0. The van der Waals surface area contributed by atoms with Crippen molar-refractivity contribution >= 4 is 12.0 Å². The van der Waals surface area contributed by atoms with E-state index in [-0.39, 0.29) is 17.9 Å². The molecule has 1 aromatic rings. The maximum atomic E-state index is 12.8. The quantitative estimate of drug-likeness (QED) is 0.557. The van der Waals surface area contributed by atoms with E-state index in [9.17, 15) is 22.8 Å². The summed E-state index contributed by atoms with van der Waals surface area (Å²) in [5.74, 6) is 1.02. The average Bonchev–Trinajstić information content (AvgIpc) is 3.52. The van der Waals surface area contributed by atoms with Crippen LogP contribution in [0.2, 0.25) is 0 Å². The lowest BCUT2D eigenvalue weighted by Crippen LogP contribution is -2.47. The molecule has 0 aromatic heterocycles. The van der Waals surface area contributed by atoms with Crippen LogP contribution in [0.25, 0.3) is 0 Å². The highest BCUT2D eigenvalue weighted by Gasteiger charge is 2.47. The third-order valence-corrected chi connectivity index (χ3v) is 8.78. The minimum atomic E-state index is -4.33. The van der Waals surface area contributed by atoms with Crippen LogP contribution in [0.1, 0.15) is 56.1 Å². The second kappa shape index (κ2) is 11.4. The van der Waals surface area contributed by atoms with Crippen molar-refractivity contribution in [1.82, 2.24) is 15.1 Å². The molecule has 38 heavy (non-hydrogen) atoms. The summed E-state index contributed by atoms with van der Waals surface area (Å²) in [6.45, 7) is 5.52. The van der Waals surface area contributed by atoms with Crippen LogP contribution >= 0.6 is 0 Å². The molecule has 3 heterocycles. The number of rotatable bonds is 7. The molecule has 7 nitrogen and oxygen atoms in total. The molecule has 1 spiro atoms. The second-order valence-electron chi connectivity index (χ2n) is 11.6. The highest BCUT2D eigenvalue weighted by Crippen LogP contribution is 2.36. The summed E-state index contributed by atoms with van der Waals surface area (Å²) in [6.07, 6.45) is 1.44. The third kappa shape index (κ3) is 6.62. The van der Waals surface area contributed by atoms with Crippen molar-refractivity contribution < 1.29 is 32.2 Å². The van der Waals surface area contributed by atoms with Crippen molar-refractivity contribution in [3.8, 4) is 0 Å². The molecule has 4 fully saturated rings. The molecule has 3 aliphatic heterocycles. The molecule has 1 atom stereocenters.